The Morgan fingerprint density at radius 1 is 1.17 bits per heavy atom. The van der Waals surface area contributed by atoms with E-state index in [1.54, 1.807) is 18.2 Å². The summed E-state index contributed by atoms with van der Waals surface area (Å²) in [6, 6.07) is 14.6. The van der Waals surface area contributed by atoms with Gasteiger partial charge < -0.3 is 10.1 Å². The smallest absolute Gasteiger partial charge is 0.294 e. The number of carbonyl (C=O) groups excluding carboxylic acids is 3. The van der Waals surface area contributed by atoms with Crippen LogP contribution in [0.15, 0.2) is 53.4 Å². The van der Waals surface area contributed by atoms with Crippen LogP contribution in [0, 0.1) is 6.92 Å². The molecule has 1 saturated heterocycles. The molecule has 6 nitrogen and oxygen atoms in total. The summed E-state index contributed by atoms with van der Waals surface area (Å²) in [7, 11) is 0. The Morgan fingerprint density at radius 3 is 2.57 bits per heavy atom. The Morgan fingerprint density at radius 2 is 1.87 bits per heavy atom. The standard InChI is InChI=1S/C23H24N2O4S/c1-4-16(3)29-19-8-6-5-7-17(19)13-20-22(27)25(23(28)30-20)14-21(26)24-18-11-9-15(2)10-12-18/h5-13,16H,4,14H2,1-3H3,(H,24,26)/b20-13-/t16-/m1/s1. The zero-order valence-corrected chi connectivity index (χ0v) is 18.0. The summed E-state index contributed by atoms with van der Waals surface area (Å²) in [4.78, 5) is 38.6. The van der Waals surface area contributed by atoms with Crippen molar-refractivity contribution in [2.75, 3.05) is 11.9 Å². The minimum absolute atomic E-state index is 0.0279. The molecule has 1 fully saturated rings. The maximum atomic E-state index is 12.7. The van der Waals surface area contributed by atoms with Crippen molar-refractivity contribution in [2.45, 2.75) is 33.3 Å². The molecule has 1 aliphatic rings. The van der Waals surface area contributed by atoms with E-state index in [2.05, 4.69) is 5.32 Å². The zero-order valence-electron chi connectivity index (χ0n) is 17.2. The largest absolute Gasteiger partial charge is 0.490 e. The predicted octanol–water partition coefficient (Wildman–Crippen LogP) is 4.85. The number of aryl methyl sites for hydroxylation is 1. The van der Waals surface area contributed by atoms with Gasteiger partial charge in [0.05, 0.1) is 11.0 Å². The molecular formula is C23H24N2O4S. The van der Waals surface area contributed by atoms with Crippen LogP contribution < -0.4 is 10.1 Å². The van der Waals surface area contributed by atoms with E-state index in [9.17, 15) is 14.4 Å². The molecule has 0 aromatic heterocycles. The molecule has 0 radical (unpaired) electrons. The molecule has 30 heavy (non-hydrogen) atoms. The maximum absolute atomic E-state index is 12.7. The summed E-state index contributed by atoms with van der Waals surface area (Å²) in [5, 5.41) is 2.24. The Labute approximate surface area is 180 Å². The minimum atomic E-state index is -0.484. The first-order valence-corrected chi connectivity index (χ1v) is 10.6. The molecule has 1 atom stereocenters. The van der Waals surface area contributed by atoms with E-state index in [0.717, 1.165) is 28.6 Å². The van der Waals surface area contributed by atoms with Gasteiger partial charge in [0, 0.05) is 11.3 Å². The highest BCUT2D eigenvalue weighted by Crippen LogP contribution is 2.34. The first-order chi connectivity index (χ1) is 14.4. The van der Waals surface area contributed by atoms with Crippen molar-refractivity contribution in [1.29, 1.82) is 0 Å². The molecular weight excluding hydrogens is 400 g/mol. The number of hydrogen-bond acceptors (Lipinski definition) is 5. The zero-order chi connectivity index (χ0) is 21.7. The van der Waals surface area contributed by atoms with Gasteiger partial charge in [0.2, 0.25) is 5.91 Å². The Bertz CT molecular complexity index is 985. The van der Waals surface area contributed by atoms with Crippen molar-refractivity contribution in [3.63, 3.8) is 0 Å². The van der Waals surface area contributed by atoms with Crippen molar-refractivity contribution in [1.82, 2.24) is 4.90 Å². The molecule has 0 spiro atoms. The van der Waals surface area contributed by atoms with Gasteiger partial charge >= 0.3 is 0 Å². The lowest BCUT2D eigenvalue weighted by Gasteiger charge is -2.15. The van der Waals surface area contributed by atoms with E-state index in [0.29, 0.717) is 17.0 Å². The summed E-state index contributed by atoms with van der Waals surface area (Å²) < 4.78 is 5.91. The number of nitrogens with one attached hydrogen (secondary N) is 1. The molecule has 1 aliphatic heterocycles. The Kier molecular flexibility index (Phi) is 6.95. The first kappa shape index (κ1) is 21.6. The molecule has 3 rings (SSSR count). The maximum Gasteiger partial charge on any atom is 0.294 e. The number of benzene rings is 2. The second-order valence-corrected chi connectivity index (χ2v) is 8.05. The first-order valence-electron chi connectivity index (χ1n) is 9.75. The quantitative estimate of drug-likeness (QED) is 0.643. The average Bonchev–Trinajstić information content (AvgIpc) is 2.98. The summed E-state index contributed by atoms with van der Waals surface area (Å²) in [6.07, 6.45) is 2.52. The number of anilines is 1. The lowest BCUT2D eigenvalue weighted by molar-refractivity contribution is -0.127. The minimum Gasteiger partial charge on any atom is -0.490 e. The summed E-state index contributed by atoms with van der Waals surface area (Å²) >= 11 is 0.823. The van der Waals surface area contributed by atoms with Gasteiger partial charge in [0.1, 0.15) is 12.3 Å². The molecule has 156 valence electrons. The van der Waals surface area contributed by atoms with Gasteiger partial charge in [-0.2, -0.15) is 0 Å². The van der Waals surface area contributed by atoms with Crippen LogP contribution in [-0.4, -0.2) is 34.6 Å². The van der Waals surface area contributed by atoms with Crippen molar-refractivity contribution >= 4 is 40.6 Å². The lowest BCUT2D eigenvalue weighted by Crippen LogP contribution is -2.36. The number of ether oxygens (including phenoxy) is 1. The third-order valence-corrected chi connectivity index (χ3v) is 5.53. The molecule has 1 heterocycles. The predicted molar refractivity (Wildman–Crippen MR) is 119 cm³/mol. The fraction of sp³-hybridized carbons (Fsp3) is 0.261. The van der Waals surface area contributed by atoms with Gasteiger partial charge in [0.25, 0.3) is 11.1 Å². The average molecular weight is 425 g/mol. The summed E-state index contributed by atoms with van der Waals surface area (Å²) in [5.41, 5.74) is 2.40. The van der Waals surface area contributed by atoms with Crippen LogP contribution in [0.4, 0.5) is 10.5 Å². The van der Waals surface area contributed by atoms with Gasteiger partial charge in [-0.3, -0.25) is 19.3 Å². The molecule has 0 aliphatic carbocycles. The number of thioether (sulfide) groups is 1. The highest BCUT2D eigenvalue weighted by molar-refractivity contribution is 8.18. The van der Waals surface area contributed by atoms with E-state index < -0.39 is 17.1 Å². The highest BCUT2D eigenvalue weighted by atomic mass is 32.2. The van der Waals surface area contributed by atoms with Gasteiger partial charge in [0.15, 0.2) is 0 Å². The van der Waals surface area contributed by atoms with Gasteiger partial charge in [-0.25, -0.2) is 0 Å². The molecule has 2 aromatic rings. The molecule has 3 amide bonds. The second kappa shape index (κ2) is 9.63. The topological polar surface area (TPSA) is 75.7 Å². The highest BCUT2D eigenvalue weighted by Gasteiger charge is 2.36. The van der Waals surface area contributed by atoms with E-state index in [-0.39, 0.29) is 17.6 Å². The van der Waals surface area contributed by atoms with Gasteiger partial charge in [-0.1, -0.05) is 42.8 Å². The van der Waals surface area contributed by atoms with Crippen molar-refractivity contribution in [3.05, 3.63) is 64.6 Å². The molecule has 0 bridgehead atoms. The molecule has 7 heteroatoms. The summed E-state index contributed by atoms with van der Waals surface area (Å²) in [6.45, 7) is 5.61. The van der Waals surface area contributed by atoms with Crippen LogP contribution in [-0.2, 0) is 9.59 Å². The monoisotopic (exact) mass is 424 g/mol. The molecule has 0 saturated carbocycles. The number of amides is 3. The van der Waals surface area contributed by atoms with Crippen LogP contribution in [0.5, 0.6) is 5.75 Å². The summed E-state index contributed by atoms with van der Waals surface area (Å²) in [5.74, 6) is -0.263. The van der Waals surface area contributed by atoms with Gasteiger partial charge in [-0.15, -0.1) is 0 Å². The fourth-order valence-electron chi connectivity index (χ4n) is 2.77. The number of imide groups is 1. The number of para-hydroxylation sites is 1. The normalized spacial score (nSPS) is 16.1. The third-order valence-electron chi connectivity index (χ3n) is 4.62. The fourth-order valence-corrected chi connectivity index (χ4v) is 3.59. The number of carbonyl (C=O) groups is 3. The van der Waals surface area contributed by atoms with E-state index in [1.165, 1.54) is 0 Å². The van der Waals surface area contributed by atoms with E-state index >= 15 is 0 Å². The van der Waals surface area contributed by atoms with Crippen LogP contribution in [0.1, 0.15) is 31.4 Å². The van der Waals surface area contributed by atoms with Gasteiger partial charge in [-0.05, 0) is 56.3 Å². The Hall–Kier alpha value is -3.06. The Balaban J connectivity index is 1.71. The second-order valence-electron chi connectivity index (χ2n) is 7.06. The van der Waals surface area contributed by atoms with Crippen molar-refractivity contribution in [3.8, 4) is 5.75 Å². The van der Waals surface area contributed by atoms with Crippen molar-refractivity contribution < 1.29 is 19.1 Å². The third kappa shape index (κ3) is 5.30. The number of rotatable bonds is 7. The molecule has 2 aromatic carbocycles. The molecule has 1 N–H and O–H groups in total. The van der Waals surface area contributed by atoms with Crippen molar-refractivity contribution in [2.24, 2.45) is 0 Å². The van der Waals surface area contributed by atoms with E-state index in [4.69, 9.17) is 4.74 Å². The van der Waals surface area contributed by atoms with Crippen LogP contribution in [0.3, 0.4) is 0 Å². The number of hydrogen-bond donors (Lipinski definition) is 1. The van der Waals surface area contributed by atoms with Crippen LogP contribution >= 0.6 is 11.8 Å². The lowest BCUT2D eigenvalue weighted by atomic mass is 10.1. The van der Waals surface area contributed by atoms with Crippen LogP contribution in [0.2, 0.25) is 0 Å². The SMILES string of the molecule is CC[C@@H](C)Oc1ccccc1/C=C1\SC(=O)N(CC(=O)Nc2ccc(C)cc2)C1=O. The van der Waals surface area contributed by atoms with E-state index in [1.807, 2.05) is 57.2 Å². The molecule has 0 unspecified atom stereocenters. The number of nitrogens with zero attached hydrogens (tertiary/aromatic N) is 1. The van der Waals surface area contributed by atoms with Crippen LogP contribution in [0.25, 0.3) is 6.08 Å².